The van der Waals surface area contributed by atoms with Gasteiger partial charge in [-0.2, -0.15) is 0 Å². The molecule has 0 spiro atoms. The molecule has 0 aliphatic heterocycles. The van der Waals surface area contributed by atoms with E-state index in [0.29, 0.717) is 0 Å². The second kappa shape index (κ2) is 6.01. The van der Waals surface area contributed by atoms with Crippen molar-refractivity contribution in [2.45, 2.75) is 32.2 Å². The molecule has 1 N–H and O–H groups in total. The van der Waals surface area contributed by atoms with Gasteiger partial charge in [-0.15, -0.1) is 0 Å². The topological polar surface area (TPSA) is 47.0 Å². The van der Waals surface area contributed by atoms with Crippen LogP contribution in [0.15, 0.2) is 30.6 Å². The third-order valence-electron chi connectivity index (χ3n) is 3.63. The van der Waals surface area contributed by atoms with Crippen LogP contribution in [-0.2, 0) is 19.4 Å². The minimum absolute atomic E-state index is 0.721. The predicted octanol–water partition coefficient (Wildman–Crippen LogP) is 2.87. The van der Waals surface area contributed by atoms with Crippen molar-refractivity contribution in [2.75, 3.05) is 7.05 Å². The molecule has 0 bridgehead atoms. The first-order valence-electron chi connectivity index (χ1n) is 7.11. The first-order chi connectivity index (χ1) is 9.88. The van der Waals surface area contributed by atoms with Crippen LogP contribution in [0.2, 0.25) is 0 Å². The van der Waals surface area contributed by atoms with Crippen LogP contribution in [0.5, 0.6) is 11.6 Å². The molecule has 2 aromatic rings. The maximum Gasteiger partial charge on any atom is 0.225 e. The monoisotopic (exact) mass is 269 g/mol. The van der Waals surface area contributed by atoms with Crippen LogP contribution < -0.4 is 10.1 Å². The fourth-order valence-corrected chi connectivity index (χ4v) is 2.62. The van der Waals surface area contributed by atoms with Crippen molar-refractivity contribution in [1.82, 2.24) is 15.3 Å². The molecular weight excluding hydrogens is 250 g/mol. The first-order valence-corrected chi connectivity index (χ1v) is 7.11. The van der Waals surface area contributed by atoms with Gasteiger partial charge in [-0.3, -0.25) is 0 Å². The Morgan fingerprint density at radius 1 is 1.15 bits per heavy atom. The van der Waals surface area contributed by atoms with E-state index in [0.717, 1.165) is 42.3 Å². The minimum Gasteiger partial charge on any atom is -0.438 e. The Kier molecular flexibility index (Phi) is 3.92. The van der Waals surface area contributed by atoms with Gasteiger partial charge in [-0.05, 0) is 38.8 Å². The number of aryl methyl sites for hydroxylation is 1. The molecule has 104 valence electrons. The van der Waals surface area contributed by atoms with Crippen molar-refractivity contribution in [3.63, 3.8) is 0 Å². The third kappa shape index (κ3) is 2.65. The van der Waals surface area contributed by atoms with E-state index in [1.165, 1.54) is 18.4 Å². The van der Waals surface area contributed by atoms with E-state index in [2.05, 4.69) is 21.4 Å². The zero-order valence-corrected chi connectivity index (χ0v) is 11.7. The fourth-order valence-electron chi connectivity index (χ4n) is 2.62. The van der Waals surface area contributed by atoms with E-state index in [4.69, 9.17) is 4.74 Å². The number of nitrogens with one attached hydrogen (secondary N) is 1. The van der Waals surface area contributed by atoms with Crippen molar-refractivity contribution in [1.29, 1.82) is 0 Å². The fraction of sp³-hybridized carbons (Fsp3) is 0.375. The Hall–Kier alpha value is -1.94. The molecule has 1 aliphatic carbocycles. The summed E-state index contributed by atoms with van der Waals surface area (Å²) in [6.07, 6.45) is 6.06. The third-order valence-corrected chi connectivity index (χ3v) is 3.63. The number of ether oxygens (including phenoxy) is 1. The molecule has 0 saturated heterocycles. The molecule has 4 nitrogen and oxygen atoms in total. The molecule has 20 heavy (non-hydrogen) atoms. The van der Waals surface area contributed by atoms with E-state index >= 15 is 0 Å². The van der Waals surface area contributed by atoms with Crippen molar-refractivity contribution in [3.8, 4) is 11.6 Å². The molecule has 0 radical (unpaired) electrons. The smallest absolute Gasteiger partial charge is 0.225 e. The highest BCUT2D eigenvalue weighted by Gasteiger charge is 2.17. The highest BCUT2D eigenvalue weighted by molar-refractivity contribution is 5.39. The molecule has 0 unspecified atom stereocenters. The zero-order chi connectivity index (χ0) is 13.8. The number of nitrogens with zero attached hydrogens (tertiary/aromatic N) is 2. The molecular formula is C16H19N3O. The lowest BCUT2D eigenvalue weighted by Crippen LogP contribution is -2.10. The van der Waals surface area contributed by atoms with Crippen LogP contribution in [0.25, 0.3) is 0 Å². The highest BCUT2D eigenvalue weighted by atomic mass is 16.5. The quantitative estimate of drug-likeness (QED) is 0.927. The zero-order valence-electron chi connectivity index (χ0n) is 11.7. The number of rotatable bonds is 4. The SMILES string of the molecule is CNCc1ccccc1Oc1ncnc2c1CCCC2. The molecule has 0 amide bonds. The summed E-state index contributed by atoms with van der Waals surface area (Å²) in [5, 5.41) is 3.16. The molecule has 4 heteroatoms. The van der Waals surface area contributed by atoms with Gasteiger partial charge in [0.15, 0.2) is 0 Å². The largest absolute Gasteiger partial charge is 0.438 e. The molecule has 1 heterocycles. The molecule has 0 saturated carbocycles. The number of para-hydroxylation sites is 1. The van der Waals surface area contributed by atoms with Gasteiger partial charge in [0.2, 0.25) is 5.88 Å². The summed E-state index contributed by atoms with van der Waals surface area (Å²) in [4.78, 5) is 8.71. The van der Waals surface area contributed by atoms with Crippen molar-refractivity contribution < 1.29 is 4.74 Å². The Morgan fingerprint density at radius 2 is 2.00 bits per heavy atom. The maximum absolute atomic E-state index is 6.07. The van der Waals surface area contributed by atoms with Crippen molar-refractivity contribution >= 4 is 0 Å². The minimum atomic E-state index is 0.721. The van der Waals surface area contributed by atoms with Gasteiger partial charge in [-0.1, -0.05) is 18.2 Å². The van der Waals surface area contributed by atoms with Crippen LogP contribution >= 0.6 is 0 Å². The lowest BCUT2D eigenvalue weighted by Gasteiger charge is -2.18. The summed E-state index contributed by atoms with van der Waals surface area (Å²) in [5.41, 5.74) is 3.46. The number of hydrogen-bond donors (Lipinski definition) is 1. The second-order valence-electron chi connectivity index (χ2n) is 5.05. The molecule has 3 rings (SSSR count). The van der Waals surface area contributed by atoms with Crippen molar-refractivity contribution in [3.05, 3.63) is 47.4 Å². The molecule has 1 aromatic heterocycles. The van der Waals surface area contributed by atoms with E-state index in [1.54, 1.807) is 6.33 Å². The van der Waals surface area contributed by atoms with E-state index in [9.17, 15) is 0 Å². The van der Waals surface area contributed by atoms with Crippen LogP contribution in [0.1, 0.15) is 29.7 Å². The van der Waals surface area contributed by atoms with Gasteiger partial charge in [0, 0.05) is 17.7 Å². The average molecular weight is 269 g/mol. The lowest BCUT2D eigenvalue weighted by atomic mass is 9.97. The van der Waals surface area contributed by atoms with E-state index < -0.39 is 0 Å². The van der Waals surface area contributed by atoms with Crippen LogP contribution in [0.4, 0.5) is 0 Å². The van der Waals surface area contributed by atoms with Gasteiger partial charge >= 0.3 is 0 Å². The van der Waals surface area contributed by atoms with E-state index in [1.807, 2.05) is 25.2 Å². The lowest BCUT2D eigenvalue weighted by molar-refractivity contribution is 0.440. The van der Waals surface area contributed by atoms with E-state index in [-0.39, 0.29) is 0 Å². The van der Waals surface area contributed by atoms with Gasteiger partial charge in [0.1, 0.15) is 12.1 Å². The van der Waals surface area contributed by atoms with Crippen molar-refractivity contribution in [2.24, 2.45) is 0 Å². The Labute approximate surface area is 119 Å². The molecule has 0 atom stereocenters. The summed E-state index contributed by atoms with van der Waals surface area (Å²) in [7, 11) is 1.93. The van der Waals surface area contributed by atoms with Gasteiger partial charge in [0.25, 0.3) is 0 Å². The normalized spacial score (nSPS) is 13.8. The summed E-state index contributed by atoms with van der Waals surface area (Å²) in [5.74, 6) is 1.59. The Morgan fingerprint density at radius 3 is 2.90 bits per heavy atom. The number of fused-ring (bicyclic) bond motifs is 1. The molecule has 0 fully saturated rings. The average Bonchev–Trinajstić information content (AvgIpc) is 2.50. The number of benzene rings is 1. The standard InChI is InChI=1S/C16H19N3O/c1-17-10-12-6-2-5-9-15(12)20-16-13-7-3-4-8-14(13)18-11-19-16/h2,5-6,9,11,17H,3-4,7-8,10H2,1H3. The Balaban J connectivity index is 1.92. The predicted molar refractivity (Wildman–Crippen MR) is 78.0 cm³/mol. The molecule has 1 aliphatic rings. The van der Waals surface area contributed by atoms with Crippen LogP contribution in [-0.4, -0.2) is 17.0 Å². The van der Waals surface area contributed by atoms with Gasteiger partial charge in [0.05, 0.1) is 5.69 Å². The Bertz CT molecular complexity index is 598. The summed E-state index contributed by atoms with van der Waals surface area (Å²) in [6, 6.07) is 8.07. The van der Waals surface area contributed by atoms with Crippen LogP contribution in [0.3, 0.4) is 0 Å². The van der Waals surface area contributed by atoms with Gasteiger partial charge < -0.3 is 10.1 Å². The van der Waals surface area contributed by atoms with Gasteiger partial charge in [-0.25, -0.2) is 9.97 Å². The summed E-state index contributed by atoms with van der Waals surface area (Å²) >= 11 is 0. The van der Waals surface area contributed by atoms with Crippen LogP contribution in [0, 0.1) is 0 Å². The summed E-state index contributed by atoms with van der Waals surface area (Å²) < 4.78 is 6.07. The first kappa shape index (κ1) is 13.1. The maximum atomic E-state index is 6.07. The molecule has 1 aromatic carbocycles. The highest BCUT2D eigenvalue weighted by Crippen LogP contribution is 2.30. The second-order valence-corrected chi connectivity index (χ2v) is 5.05. The summed E-state index contributed by atoms with van der Waals surface area (Å²) in [6.45, 7) is 0.781. The number of aromatic nitrogens is 2. The number of hydrogen-bond acceptors (Lipinski definition) is 4.